The van der Waals surface area contributed by atoms with E-state index >= 15 is 0 Å². The molecule has 10 nitrogen and oxygen atoms in total. The van der Waals surface area contributed by atoms with E-state index in [4.69, 9.17) is 10.9 Å². The number of nitrogens with zero attached hydrogens (tertiary/aromatic N) is 4. The van der Waals surface area contributed by atoms with Crippen LogP contribution in [0.15, 0.2) is 30.5 Å². The zero-order valence-corrected chi connectivity index (χ0v) is 19.1. The summed E-state index contributed by atoms with van der Waals surface area (Å²) in [6.07, 6.45) is 2.35. The highest BCUT2D eigenvalue weighted by Gasteiger charge is 2.24. The van der Waals surface area contributed by atoms with Crippen LogP contribution in [0.4, 0.5) is 17.3 Å². The fourth-order valence-corrected chi connectivity index (χ4v) is 4.43. The SMILES string of the molecule is CC(C)N1CCc2cc(Nc3cc4cc(C(C)S(N)(=O)=O)cc(N)c4cn3)nn2CC1=O. The smallest absolute Gasteiger partial charge is 0.244 e. The number of anilines is 3. The van der Waals surface area contributed by atoms with Crippen LogP contribution >= 0.6 is 0 Å². The molecule has 0 radical (unpaired) electrons. The molecule has 0 spiro atoms. The average molecular weight is 458 g/mol. The molecule has 1 unspecified atom stereocenters. The number of hydrogen-bond donors (Lipinski definition) is 3. The Kier molecular flexibility index (Phi) is 5.55. The van der Waals surface area contributed by atoms with Crippen molar-refractivity contribution in [2.45, 2.75) is 45.0 Å². The second-order valence-corrected chi connectivity index (χ2v) is 10.3. The van der Waals surface area contributed by atoms with Gasteiger partial charge in [0.25, 0.3) is 0 Å². The van der Waals surface area contributed by atoms with Crippen molar-refractivity contribution in [1.29, 1.82) is 0 Å². The monoisotopic (exact) mass is 457 g/mol. The van der Waals surface area contributed by atoms with Crippen LogP contribution in [0.2, 0.25) is 0 Å². The van der Waals surface area contributed by atoms with Gasteiger partial charge in [-0.05, 0) is 49.9 Å². The molecular formula is C21H27N7O3S. The maximum atomic E-state index is 12.5. The third kappa shape index (κ3) is 4.26. The Bertz CT molecular complexity index is 1300. The zero-order chi connectivity index (χ0) is 23.2. The molecule has 1 amide bonds. The molecule has 2 aromatic heterocycles. The molecule has 0 fully saturated rings. The van der Waals surface area contributed by atoms with Gasteiger partial charge in [0.1, 0.15) is 12.4 Å². The molecule has 1 aromatic carbocycles. The van der Waals surface area contributed by atoms with Crippen molar-refractivity contribution in [2.75, 3.05) is 17.6 Å². The Morgan fingerprint density at radius 1 is 1.12 bits per heavy atom. The van der Waals surface area contributed by atoms with Gasteiger partial charge in [-0.15, -0.1) is 0 Å². The summed E-state index contributed by atoms with van der Waals surface area (Å²) in [5.41, 5.74) is 8.03. The number of fused-ring (bicyclic) bond motifs is 2. The van der Waals surface area contributed by atoms with Crippen LogP contribution in [0.25, 0.3) is 10.8 Å². The first-order valence-corrected chi connectivity index (χ1v) is 12.0. The number of benzene rings is 1. The molecule has 0 bridgehead atoms. The van der Waals surface area contributed by atoms with E-state index in [9.17, 15) is 13.2 Å². The van der Waals surface area contributed by atoms with Crippen LogP contribution in [0.3, 0.4) is 0 Å². The third-order valence-corrected chi connectivity index (χ3v) is 7.07. The third-order valence-electron chi connectivity index (χ3n) is 5.81. The lowest BCUT2D eigenvalue weighted by Gasteiger charge is -2.24. The molecule has 3 aromatic rings. The van der Waals surface area contributed by atoms with Gasteiger partial charge < -0.3 is 16.0 Å². The van der Waals surface area contributed by atoms with Crippen LogP contribution in [0.5, 0.6) is 0 Å². The van der Waals surface area contributed by atoms with E-state index in [0.717, 1.165) is 17.5 Å². The minimum Gasteiger partial charge on any atom is -0.398 e. The van der Waals surface area contributed by atoms with E-state index in [-0.39, 0.29) is 18.5 Å². The van der Waals surface area contributed by atoms with Gasteiger partial charge in [0.05, 0.1) is 5.25 Å². The van der Waals surface area contributed by atoms with E-state index in [0.29, 0.717) is 34.8 Å². The number of nitrogen functional groups attached to an aromatic ring is 1. The highest BCUT2D eigenvalue weighted by atomic mass is 32.2. The summed E-state index contributed by atoms with van der Waals surface area (Å²) in [6, 6.07) is 7.20. The summed E-state index contributed by atoms with van der Waals surface area (Å²) in [5.74, 6) is 1.16. The number of hydrogen-bond acceptors (Lipinski definition) is 7. The molecule has 32 heavy (non-hydrogen) atoms. The van der Waals surface area contributed by atoms with Crippen molar-refractivity contribution < 1.29 is 13.2 Å². The second kappa shape index (κ2) is 8.06. The van der Waals surface area contributed by atoms with Gasteiger partial charge in [-0.25, -0.2) is 18.5 Å². The Balaban J connectivity index is 1.61. The quantitative estimate of drug-likeness (QED) is 0.495. The Labute approximate surface area is 186 Å². The number of amides is 1. The molecule has 4 rings (SSSR count). The molecule has 3 heterocycles. The maximum Gasteiger partial charge on any atom is 0.244 e. The van der Waals surface area contributed by atoms with Gasteiger partial charge in [-0.3, -0.25) is 9.48 Å². The van der Waals surface area contributed by atoms with Crippen molar-refractivity contribution in [3.8, 4) is 0 Å². The molecule has 0 aliphatic carbocycles. The van der Waals surface area contributed by atoms with Crippen molar-refractivity contribution in [2.24, 2.45) is 5.14 Å². The molecule has 11 heteroatoms. The average Bonchev–Trinajstić information content (AvgIpc) is 2.99. The van der Waals surface area contributed by atoms with Crippen molar-refractivity contribution in [3.63, 3.8) is 0 Å². The first-order chi connectivity index (χ1) is 15.0. The van der Waals surface area contributed by atoms with Crippen molar-refractivity contribution in [3.05, 3.63) is 41.7 Å². The predicted octanol–water partition coefficient (Wildman–Crippen LogP) is 1.90. The van der Waals surface area contributed by atoms with Crippen LogP contribution in [0.1, 0.15) is 37.3 Å². The normalized spacial score (nSPS) is 15.7. The minimum absolute atomic E-state index is 0.0456. The summed E-state index contributed by atoms with van der Waals surface area (Å²) >= 11 is 0. The van der Waals surface area contributed by atoms with Crippen molar-refractivity contribution >= 4 is 44.0 Å². The number of carbonyl (C=O) groups excluding carboxylic acids is 1. The van der Waals surface area contributed by atoms with E-state index in [2.05, 4.69) is 15.4 Å². The summed E-state index contributed by atoms with van der Waals surface area (Å²) in [5, 5.41) is 13.6. The number of carbonyl (C=O) groups is 1. The van der Waals surface area contributed by atoms with Crippen LogP contribution in [-0.4, -0.2) is 46.6 Å². The van der Waals surface area contributed by atoms with Crippen LogP contribution in [-0.2, 0) is 27.8 Å². The minimum atomic E-state index is -3.75. The number of nitrogens with one attached hydrogen (secondary N) is 1. The van der Waals surface area contributed by atoms with Crippen molar-refractivity contribution in [1.82, 2.24) is 19.7 Å². The molecule has 1 atom stereocenters. The van der Waals surface area contributed by atoms with Crippen LogP contribution < -0.4 is 16.2 Å². The molecule has 170 valence electrons. The highest BCUT2D eigenvalue weighted by molar-refractivity contribution is 7.89. The van der Waals surface area contributed by atoms with Gasteiger partial charge in [0.15, 0.2) is 5.82 Å². The number of sulfonamides is 1. The number of aromatic nitrogens is 3. The number of pyridine rings is 1. The topological polar surface area (TPSA) is 149 Å². The lowest BCUT2D eigenvalue weighted by Crippen LogP contribution is -2.38. The van der Waals surface area contributed by atoms with Gasteiger partial charge in [-0.1, -0.05) is 0 Å². The fraction of sp³-hybridized carbons (Fsp3) is 0.381. The van der Waals surface area contributed by atoms with Gasteiger partial charge in [0, 0.05) is 48.0 Å². The maximum absolute atomic E-state index is 12.5. The molecule has 1 aliphatic rings. The van der Waals surface area contributed by atoms with Gasteiger partial charge >= 0.3 is 0 Å². The summed E-state index contributed by atoms with van der Waals surface area (Å²) in [4.78, 5) is 18.8. The number of primary sulfonamides is 1. The molecule has 0 saturated carbocycles. The molecular weight excluding hydrogens is 430 g/mol. The van der Waals surface area contributed by atoms with Gasteiger partial charge in [-0.2, -0.15) is 5.10 Å². The summed E-state index contributed by atoms with van der Waals surface area (Å²) < 4.78 is 25.2. The Morgan fingerprint density at radius 2 is 1.88 bits per heavy atom. The fourth-order valence-electron chi connectivity index (χ4n) is 3.91. The first-order valence-electron chi connectivity index (χ1n) is 10.4. The lowest BCUT2D eigenvalue weighted by atomic mass is 10.0. The first kappa shape index (κ1) is 22.0. The zero-order valence-electron chi connectivity index (χ0n) is 18.2. The number of rotatable bonds is 5. The van der Waals surface area contributed by atoms with E-state index in [1.807, 2.05) is 24.8 Å². The van der Waals surface area contributed by atoms with E-state index < -0.39 is 15.3 Å². The Morgan fingerprint density at radius 3 is 2.56 bits per heavy atom. The Hall–Kier alpha value is -3.18. The lowest BCUT2D eigenvalue weighted by molar-refractivity contribution is -0.133. The number of nitrogens with two attached hydrogens (primary N) is 2. The molecule has 5 N–H and O–H groups in total. The van der Waals surface area contributed by atoms with Crippen LogP contribution in [0, 0.1) is 0 Å². The standard InChI is InChI=1S/C21H27N7O3S/c1-12(2)27-5-4-16-9-20(26-28(16)11-21(27)29)25-19-8-15-6-14(13(3)32(23,30)31)7-18(22)17(15)10-24-19/h6-10,12-13H,4-5,11,22H2,1-3H3,(H2,23,30,31)(H,24,25,26). The second-order valence-electron chi connectivity index (χ2n) is 8.37. The molecule has 1 aliphatic heterocycles. The van der Waals surface area contributed by atoms with Gasteiger partial charge in [0.2, 0.25) is 15.9 Å². The highest BCUT2D eigenvalue weighted by Crippen LogP contribution is 2.30. The van der Waals surface area contributed by atoms with E-state index in [1.165, 1.54) is 6.92 Å². The predicted molar refractivity (Wildman–Crippen MR) is 124 cm³/mol. The largest absolute Gasteiger partial charge is 0.398 e. The summed E-state index contributed by atoms with van der Waals surface area (Å²) in [6.45, 7) is 6.39. The van der Waals surface area contributed by atoms with E-state index in [1.54, 1.807) is 29.1 Å². The molecule has 0 saturated heterocycles. The summed E-state index contributed by atoms with van der Waals surface area (Å²) in [7, 11) is -3.75.